The molecule has 0 heterocycles. The Labute approximate surface area is 158 Å². The van der Waals surface area contributed by atoms with Gasteiger partial charge in [-0.2, -0.15) is 0 Å². The topological polar surface area (TPSA) is 66.8 Å². The Morgan fingerprint density at radius 2 is 1.81 bits per heavy atom. The molecule has 1 rings (SSSR count). The van der Waals surface area contributed by atoms with Crippen LogP contribution in [0.3, 0.4) is 0 Å². The maximum absolute atomic E-state index is 12.1. The highest BCUT2D eigenvalue weighted by molar-refractivity contribution is 5.79. The number of aliphatic hydroxyl groups excluding tert-OH is 1. The van der Waals surface area contributed by atoms with Gasteiger partial charge in [0.1, 0.15) is 5.78 Å². The third kappa shape index (κ3) is 9.81. The van der Waals surface area contributed by atoms with Crippen molar-refractivity contribution in [1.29, 1.82) is 0 Å². The summed E-state index contributed by atoms with van der Waals surface area (Å²) in [5, 5.41) is 19.8. The molecule has 2 N–H and O–H groups in total. The summed E-state index contributed by atoms with van der Waals surface area (Å²) in [7, 11) is 0. The highest BCUT2D eigenvalue weighted by Gasteiger charge is 2.12. The van der Waals surface area contributed by atoms with Crippen molar-refractivity contribution in [2.24, 2.45) is 0 Å². The van der Waals surface area contributed by atoms with Crippen molar-refractivity contribution < 1.29 is 19.7 Å². The van der Waals surface area contributed by atoms with E-state index in [2.05, 4.69) is 13.8 Å². The zero-order valence-electron chi connectivity index (χ0n) is 16.5. The van der Waals surface area contributed by atoms with Crippen LogP contribution < -0.4 is 4.74 Å². The molecule has 0 aliphatic carbocycles. The number of phenols is 1. The van der Waals surface area contributed by atoms with Crippen LogP contribution in [0.25, 0.3) is 0 Å². The molecule has 1 unspecified atom stereocenters. The van der Waals surface area contributed by atoms with Crippen molar-refractivity contribution in [3.8, 4) is 11.5 Å². The smallest absolute Gasteiger partial charge is 0.161 e. The number of aryl methyl sites for hydroxylation is 1. The first-order valence-corrected chi connectivity index (χ1v) is 10.2. The van der Waals surface area contributed by atoms with Gasteiger partial charge in [-0.1, -0.05) is 58.4 Å². The molecule has 1 atom stereocenters. The number of unbranched alkanes of at least 4 members (excludes halogenated alkanes) is 5. The van der Waals surface area contributed by atoms with E-state index in [1.54, 1.807) is 6.07 Å². The van der Waals surface area contributed by atoms with Gasteiger partial charge in [0.25, 0.3) is 0 Å². The molecule has 0 amide bonds. The van der Waals surface area contributed by atoms with E-state index < -0.39 is 6.10 Å². The third-order valence-electron chi connectivity index (χ3n) is 4.58. The molecule has 148 valence electrons. The second-order valence-electron chi connectivity index (χ2n) is 7.10. The lowest BCUT2D eigenvalue weighted by Crippen LogP contribution is -2.14. The maximum atomic E-state index is 12.1. The quantitative estimate of drug-likeness (QED) is 0.421. The molecule has 0 aromatic heterocycles. The molecule has 26 heavy (non-hydrogen) atoms. The summed E-state index contributed by atoms with van der Waals surface area (Å²) >= 11 is 0. The molecule has 0 bridgehead atoms. The number of ether oxygens (including phenoxy) is 1. The highest BCUT2D eigenvalue weighted by Crippen LogP contribution is 2.27. The molecular weight excluding hydrogens is 328 g/mol. The predicted molar refractivity (Wildman–Crippen MR) is 106 cm³/mol. The van der Waals surface area contributed by atoms with Crippen molar-refractivity contribution in [3.63, 3.8) is 0 Å². The summed E-state index contributed by atoms with van der Waals surface area (Å²) in [5.74, 6) is 0.706. The van der Waals surface area contributed by atoms with Crippen molar-refractivity contribution in [3.05, 3.63) is 23.8 Å². The summed E-state index contributed by atoms with van der Waals surface area (Å²) in [6, 6.07) is 5.24. The number of aliphatic hydroxyl groups is 1. The van der Waals surface area contributed by atoms with Crippen LogP contribution in [0.2, 0.25) is 0 Å². The largest absolute Gasteiger partial charge is 0.504 e. The zero-order valence-corrected chi connectivity index (χ0v) is 16.5. The molecule has 0 saturated carbocycles. The average molecular weight is 365 g/mol. The molecule has 0 fully saturated rings. The van der Waals surface area contributed by atoms with E-state index in [9.17, 15) is 15.0 Å². The van der Waals surface area contributed by atoms with Gasteiger partial charge in [-0.15, -0.1) is 0 Å². The van der Waals surface area contributed by atoms with E-state index in [-0.39, 0.29) is 18.0 Å². The fraction of sp³-hybridized carbons (Fsp3) is 0.682. The van der Waals surface area contributed by atoms with Crippen LogP contribution >= 0.6 is 0 Å². The minimum atomic E-state index is -0.517. The number of hydrogen-bond donors (Lipinski definition) is 2. The van der Waals surface area contributed by atoms with Gasteiger partial charge in [-0.05, 0) is 37.0 Å². The van der Waals surface area contributed by atoms with Gasteiger partial charge >= 0.3 is 0 Å². The first-order chi connectivity index (χ1) is 12.6. The van der Waals surface area contributed by atoms with E-state index in [1.807, 2.05) is 12.1 Å². The minimum absolute atomic E-state index is 0.0904. The van der Waals surface area contributed by atoms with Crippen LogP contribution in [0.15, 0.2) is 18.2 Å². The number of carbonyl (C=O) groups excluding carboxylic acids is 1. The van der Waals surface area contributed by atoms with Crippen LogP contribution in [-0.2, 0) is 11.2 Å². The summed E-state index contributed by atoms with van der Waals surface area (Å²) in [6.07, 6.45) is 9.22. The number of hydrogen-bond acceptors (Lipinski definition) is 4. The normalized spacial score (nSPS) is 12.1. The van der Waals surface area contributed by atoms with Crippen LogP contribution in [0, 0.1) is 0 Å². The Bertz CT molecular complexity index is 513. The number of rotatable bonds is 15. The highest BCUT2D eigenvalue weighted by atomic mass is 16.5. The van der Waals surface area contributed by atoms with Gasteiger partial charge in [0.2, 0.25) is 0 Å². The van der Waals surface area contributed by atoms with E-state index in [4.69, 9.17) is 4.74 Å². The van der Waals surface area contributed by atoms with Gasteiger partial charge in [-0.3, -0.25) is 4.79 Å². The van der Waals surface area contributed by atoms with Crippen molar-refractivity contribution in [2.75, 3.05) is 6.61 Å². The molecule has 0 spiro atoms. The van der Waals surface area contributed by atoms with E-state index >= 15 is 0 Å². The molecule has 1 aromatic carbocycles. The lowest BCUT2D eigenvalue weighted by molar-refractivity contribution is -0.121. The number of aromatic hydroxyl groups is 1. The summed E-state index contributed by atoms with van der Waals surface area (Å²) in [5.41, 5.74) is 0.969. The van der Waals surface area contributed by atoms with E-state index in [0.29, 0.717) is 31.6 Å². The number of benzene rings is 1. The first-order valence-electron chi connectivity index (χ1n) is 10.2. The average Bonchev–Trinajstić information content (AvgIpc) is 2.62. The van der Waals surface area contributed by atoms with Crippen molar-refractivity contribution >= 4 is 5.78 Å². The number of carbonyl (C=O) groups is 1. The Hall–Kier alpha value is -1.55. The van der Waals surface area contributed by atoms with Crippen LogP contribution in [-0.4, -0.2) is 28.7 Å². The number of ketones is 1. The molecule has 0 aliphatic heterocycles. The van der Waals surface area contributed by atoms with Gasteiger partial charge in [-0.25, -0.2) is 0 Å². The minimum Gasteiger partial charge on any atom is -0.504 e. The molecule has 1 aromatic rings. The zero-order chi connectivity index (χ0) is 19.2. The Kier molecular flexibility index (Phi) is 11.8. The monoisotopic (exact) mass is 364 g/mol. The standard InChI is InChI=1S/C22H36O4/c1-3-5-7-8-9-10-19(23)17-20(24)13-11-18-12-14-21(25)22(16-18)26-15-6-4-2/h12,14,16,19,23,25H,3-11,13,15,17H2,1-2H3. The van der Waals surface area contributed by atoms with Crippen LogP contribution in [0.1, 0.15) is 83.6 Å². The number of Topliss-reactive ketones (excluding diaryl/α,β-unsaturated/α-hetero) is 1. The van der Waals surface area contributed by atoms with Gasteiger partial charge in [0.05, 0.1) is 12.7 Å². The second-order valence-corrected chi connectivity index (χ2v) is 7.10. The van der Waals surface area contributed by atoms with Gasteiger partial charge in [0.15, 0.2) is 11.5 Å². The molecule has 0 radical (unpaired) electrons. The maximum Gasteiger partial charge on any atom is 0.161 e. The number of phenolic OH excluding ortho intramolecular Hbond substituents is 1. The summed E-state index contributed by atoms with van der Waals surface area (Å²) in [6.45, 7) is 4.85. The Morgan fingerprint density at radius 3 is 2.54 bits per heavy atom. The van der Waals surface area contributed by atoms with Crippen LogP contribution in [0.5, 0.6) is 11.5 Å². The summed E-state index contributed by atoms with van der Waals surface area (Å²) < 4.78 is 5.59. The Morgan fingerprint density at radius 1 is 1.08 bits per heavy atom. The first kappa shape index (κ1) is 22.5. The van der Waals surface area contributed by atoms with Crippen LogP contribution in [0.4, 0.5) is 0 Å². The summed E-state index contributed by atoms with van der Waals surface area (Å²) in [4.78, 5) is 12.1. The fourth-order valence-corrected chi connectivity index (χ4v) is 2.89. The van der Waals surface area contributed by atoms with Gasteiger partial charge in [0, 0.05) is 12.8 Å². The molecule has 0 aliphatic rings. The van der Waals surface area contributed by atoms with Gasteiger partial charge < -0.3 is 14.9 Å². The lowest BCUT2D eigenvalue weighted by atomic mass is 10.0. The second kappa shape index (κ2) is 13.6. The predicted octanol–water partition coefficient (Wildman–Crippen LogP) is 5.18. The molecular formula is C22H36O4. The Balaban J connectivity index is 2.31. The SMILES string of the molecule is CCCCCCCC(O)CC(=O)CCc1ccc(O)c(OCCCC)c1. The van der Waals surface area contributed by atoms with Crippen molar-refractivity contribution in [1.82, 2.24) is 0 Å². The van der Waals surface area contributed by atoms with Crippen molar-refractivity contribution in [2.45, 2.75) is 90.6 Å². The molecule has 0 saturated heterocycles. The fourth-order valence-electron chi connectivity index (χ4n) is 2.89. The third-order valence-corrected chi connectivity index (χ3v) is 4.58. The van der Waals surface area contributed by atoms with E-state index in [0.717, 1.165) is 31.2 Å². The lowest BCUT2D eigenvalue weighted by Gasteiger charge is -2.11. The molecule has 4 nitrogen and oxygen atoms in total. The van der Waals surface area contributed by atoms with E-state index in [1.165, 1.54) is 19.3 Å². The molecule has 4 heteroatoms.